The zero-order chi connectivity index (χ0) is 14.3. The minimum atomic E-state index is -0.579. The molecule has 0 spiro atoms. The largest absolute Gasteiger partial charge is 0.376 e. The molecule has 1 fully saturated rings. The number of anilines is 1. The topological polar surface area (TPSA) is 70.1 Å². The average Bonchev–Trinajstić information content (AvgIpc) is 2.80. The summed E-state index contributed by atoms with van der Waals surface area (Å²) in [6.07, 6.45) is 4.36. The van der Waals surface area contributed by atoms with Crippen LogP contribution in [0.15, 0.2) is 0 Å². The maximum Gasteiger partial charge on any atom is 0.224 e. The lowest BCUT2D eigenvalue weighted by atomic mass is 9.89. The van der Waals surface area contributed by atoms with Crippen LogP contribution >= 0.6 is 11.6 Å². The molecule has 1 saturated heterocycles. The summed E-state index contributed by atoms with van der Waals surface area (Å²) in [7, 11) is 0. The Morgan fingerprint density at radius 2 is 2.15 bits per heavy atom. The van der Waals surface area contributed by atoms with Crippen molar-refractivity contribution >= 4 is 17.4 Å². The molecule has 1 aromatic rings. The van der Waals surface area contributed by atoms with Crippen LogP contribution in [0.1, 0.15) is 44.4 Å². The molecular weight excluding hydrogens is 276 g/mol. The van der Waals surface area contributed by atoms with Crippen molar-refractivity contribution < 1.29 is 5.11 Å². The maximum atomic E-state index is 10.2. The van der Waals surface area contributed by atoms with E-state index in [2.05, 4.69) is 34.4 Å². The summed E-state index contributed by atoms with van der Waals surface area (Å²) < 4.78 is 0. The molecular formula is C14H21ClN4O. The Labute approximate surface area is 124 Å². The molecule has 1 aliphatic carbocycles. The third-order valence-electron chi connectivity index (χ3n) is 4.23. The molecule has 0 radical (unpaired) electrons. The Morgan fingerprint density at radius 3 is 2.90 bits per heavy atom. The van der Waals surface area contributed by atoms with Gasteiger partial charge in [0.05, 0.1) is 11.7 Å². The molecule has 0 amide bonds. The molecule has 5 nitrogen and oxygen atoms in total. The third kappa shape index (κ3) is 2.75. The van der Waals surface area contributed by atoms with Crippen molar-refractivity contribution in [2.45, 2.75) is 63.8 Å². The first-order valence-electron chi connectivity index (χ1n) is 7.22. The number of hydrogen-bond acceptors (Lipinski definition) is 5. The highest BCUT2D eigenvalue weighted by atomic mass is 35.5. The summed E-state index contributed by atoms with van der Waals surface area (Å²) in [5, 5.41) is 17.1. The third-order valence-corrected chi connectivity index (χ3v) is 4.40. The SMILES string of the molecule is CC1(C)CC[C@@H](Nc2nc(Cl)nc3c2CCC3)C(O)N1. The number of halogens is 1. The van der Waals surface area contributed by atoms with Gasteiger partial charge in [0.1, 0.15) is 12.0 Å². The standard InChI is InChI=1S/C14H21ClN4O/c1-14(2)7-6-10(12(20)19-14)16-11-8-4-3-5-9(8)17-13(15)18-11/h10,12,19-20H,3-7H2,1-2H3,(H,16,17,18)/t10-,12?/m1/s1. The predicted octanol–water partition coefficient (Wildman–Crippen LogP) is 1.88. The van der Waals surface area contributed by atoms with E-state index in [-0.39, 0.29) is 16.9 Å². The lowest BCUT2D eigenvalue weighted by Gasteiger charge is -2.40. The molecule has 6 heteroatoms. The van der Waals surface area contributed by atoms with Gasteiger partial charge in [-0.3, -0.25) is 5.32 Å². The smallest absolute Gasteiger partial charge is 0.224 e. The Bertz CT molecular complexity index is 520. The van der Waals surface area contributed by atoms with Gasteiger partial charge in [0, 0.05) is 11.1 Å². The number of nitrogens with one attached hydrogen (secondary N) is 2. The molecule has 110 valence electrons. The van der Waals surface area contributed by atoms with Gasteiger partial charge in [0.2, 0.25) is 5.28 Å². The van der Waals surface area contributed by atoms with Gasteiger partial charge < -0.3 is 10.4 Å². The highest BCUT2D eigenvalue weighted by Crippen LogP contribution is 2.30. The zero-order valence-corrected chi connectivity index (χ0v) is 12.7. The van der Waals surface area contributed by atoms with Gasteiger partial charge in [0.15, 0.2) is 0 Å². The molecule has 1 aromatic heterocycles. The monoisotopic (exact) mass is 296 g/mol. The van der Waals surface area contributed by atoms with Crippen molar-refractivity contribution in [1.29, 1.82) is 0 Å². The summed E-state index contributed by atoms with van der Waals surface area (Å²) in [6.45, 7) is 4.21. The lowest BCUT2D eigenvalue weighted by Crippen LogP contribution is -2.58. The van der Waals surface area contributed by atoms with Crippen LogP contribution in [-0.4, -0.2) is 32.9 Å². The lowest BCUT2D eigenvalue weighted by molar-refractivity contribution is 0.0482. The number of nitrogens with zero attached hydrogens (tertiary/aromatic N) is 2. The van der Waals surface area contributed by atoms with Gasteiger partial charge in [-0.25, -0.2) is 9.97 Å². The summed E-state index contributed by atoms with van der Waals surface area (Å²) in [5.74, 6) is 0.794. The zero-order valence-electron chi connectivity index (χ0n) is 11.9. The van der Waals surface area contributed by atoms with Gasteiger partial charge in [-0.05, 0) is 57.6 Å². The first-order valence-corrected chi connectivity index (χ1v) is 7.60. The number of fused-ring (bicyclic) bond motifs is 1. The van der Waals surface area contributed by atoms with E-state index in [9.17, 15) is 5.11 Å². The van der Waals surface area contributed by atoms with Crippen molar-refractivity contribution in [3.8, 4) is 0 Å². The molecule has 2 atom stereocenters. The number of aliphatic hydroxyl groups is 1. The minimum absolute atomic E-state index is 0.0249. The van der Waals surface area contributed by atoms with Gasteiger partial charge in [0.25, 0.3) is 0 Å². The fourth-order valence-electron chi connectivity index (χ4n) is 3.10. The molecule has 2 aliphatic rings. The first-order chi connectivity index (χ1) is 9.44. The highest BCUT2D eigenvalue weighted by molar-refractivity contribution is 6.28. The van der Waals surface area contributed by atoms with Crippen LogP contribution in [0.2, 0.25) is 5.28 Å². The molecule has 3 rings (SSSR count). The Hall–Kier alpha value is -0.910. The molecule has 0 saturated carbocycles. The van der Waals surface area contributed by atoms with Crippen molar-refractivity contribution in [1.82, 2.24) is 15.3 Å². The van der Waals surface area contributed by atoms with E-state index in [0.29, 0.717) is 0 Å². The Kier molecular flexibility index (Phi) is 3.60. The molecule has 0 bridgehead atoms. The highest BCUT2D eigenvalue weighted by Gasteiger charge is 2.33. The fraction of sp³-hybridized carbons (Fsp3) is 0.714. The molecule has 0 aromatic carbocycles. The average molecular weight is 297 g/mol. The van der Waals surface area contributed by atoms with Crippen molar-refractivity contribution in [2.24, 2.45) is 0 Å². The van der Waals surface area contributed by atoms with Crippen LogP contribution in [0.5, 0.6) is 0 Å². The summed E-state index contributed by atoms with van der Waals surface area (Å²) in [5.41, 5.74) is 2.18. The number of aliphatic hydroxyl groups excluding tert-OH is 1. The van der Waals surface area contributed by atoms with Crippen LogP contribution in [-0.2, 0) is 12.8 Å². The van der Waals surface area contributed by atoms with E-state index in [1.54, 1.807) is 0 Å². The van der Waals surface area contributed by atoms with E-state index in [1.165, 1.54) is 0 Å². The number of rotatable bonds is 2. The molecule has 20 heavy (non-hydrogen) atoms. The Balaban J connectivity index is 1.79. The van der Waals surface area contributed by atoms with E-state index in [4.69, 9.17) is 11.6 Å². The van der Waals surface area contributed by atoms with E-state index in [1.807, 2.05) is 0 Å². The summed E-state index contributed by atoms with van der Waals surface area (Å²) >= 11 is 5.99. The van der Waals surface area contributed by atoms with Gasteiger partial charge in [-0.2, -0.15) is 0 Å². The summed E-state index contributed by atoms with van der Waals surface area (Å²) in [4.78, 5) is 8.60. The maximum absolute atomic E-state index is 10.2. The summed E-state index contributed by atoms with van der Waals surface area (Å²) in [6, 6.07) is -0.0429. The number of piperidine rings is 1. The quantitative estimate of drug-likeness (QED) is 0.727. The van der Waals surface area contributed by atoms with Crippen LogP contribution in [0.4, 0.5) is 5.82 Å². The predicted molar refractivity (Wildman–Crippen MR) is 78.9 cm³/mol. The molecule has 1 unspecified atom stereocenters. The van der Waals surface area contributed by atoms with Crippen LogP contribution in [0.25, 0.3) is 0 Å². The number of aromatic nitrogens is 2. The molecule has 2 heterocycles. The van der Waals surface area contributed by atoms with Crippen molar-refractivity contribution in [3.05, 3.63) is 16.5 Å². The van der Waals surface area contributed by atoms with Gasteiger partial charge in [-0.15, -0.1) is 0 Å². The van der Waals surface area contributed by atoms with E-state index >= 15 is 0 Å². The van der Waals surface area contributed by atoms with Crippen LogP contribution in [0, 0.1) is 0 Å². The number of aryl methyl sites for hydroxylation is 1. The van der Waals surface area contributed by atoms with Gasteiger partial charge in [-0.1, -0.05) is 0 Å². The fourth-order valence-corrected chi connectivity index (χ4v) is 3.28. The van der Waals surface area contributed by atoms with E-state index in [0.717, 1.165) is 49.2 Å². The van der Waals surface area contributed by atoms with E-state index < -0.39 is 6.23 Å². The second-order valence-electron chi connectivity index (χ2n) is 6.38. The van der Waals surface area contributed by atoms with Gasteiger partial charge >= 0.3 is 0 Å². The second-order valence-corrected chi connectivity index (χ2v) is 6.72. The van der Waals surface area contributed by atoms with Crippen molar-refractivity contribution in [3.63, 3.8) is 0 Å². The number of hydrogen-bond donors (Lipinski definition) is 3. The second kappa shape index (κ2) is 5.13. The first kappa shape index (κ1) is 14.0. The molecule has 1 aliphatic heterocycles. The van der Waals surface area contributed by atoms with Crippen LogP contribution < -0.4 is 10.6 Å². The normalized spacial score (nSPS) is 28.2. The Morgan fingerprint density at radius 1 is 1.35 bits per heavy atom. The minimum Gasteiger partial charge on any atom is -0.376 e. The van der Waals surface area contributed by atoms with Crippen LogP contribution in [0.3, 0.4) is 0 Å². The van der Waals surface area contributed by atoms with Crippen molar-refractivity contribution in [2.75, 3.05) is 5.32 Å². The molecule has 3 N–H and O–H groups in total.